The number of amides is 1. The summed E-state index contributed by atoms with van der Waals surface area (Å²) in [6, 6.07) is 8.44. The Hall–Kier alpha value is -2.69. The Labute approximate surface area is 148 Å². The summed E-state index contributed by atoms with van der Waals surface area (Å²) >= 11 is 0. The van der Waals surface area contributed by atoms with Crippen molar-refractivity contribution in [2.75, 3.05) is 0 Å². The molecule has 0 aliphatic rings. The predicted molar refractivity (Wildman–Crippen MR) is 99.0 cm³/mol. The molecule has 25 heavy (non-hydrogen) atoms. The molecule has 0 fully saturated rings. The van der Waals surface area contributed by atoms with Gasteiger partial charge in [-0.1, -0.05) is 24.3 Å². The fourth-order valence-corrected chi connectivity index (χ4v) is 3.07. The molecule has 2 aromatic heterocycles. The van der Waals surface area contributed by atoms with E-state index in [1.165, 1.54) is 11.1 Å². The quantitative estimate of drug-likeness (QED) is 0.794. The second-order valence-electron chi connectivity index (χ2n) is 6.79. The van der Waals surface area contributed by atoms with Crippen molar-refractivity contribution in [2.45, 2.75) is 47.1 Å². The Kier molecular flexibility index (Phi) is 4.57. The van der Waals surface area contributed by atoms with Gasteiger partial charge in [-0.3, -0.25) is 4.79 Å². The lowest BCUT2D eigenvalue weighted by atomic mass is 9.99. The smallest absolute Gasteiger partial charge is 0.256 e. The summed E-state index contributed by atoms with van der Waals surface area (Å²) in [4.78, 5) is 17.1. The SMILES string of the molecule is Cc1ccccc1Cc1c(C)nc2c(C(=O)NC(C)C)cnn2c1C. The summed E-state index contributed by atoms with van der Waals surface area (Å²) in [6.07, 6.45) is 2.41. The molecule has 0 aliphatic heterocycles. The van der Waals surface area contributed by atoms with Gasteiger partial charge in [0.05, 0.1) is 6.20 Å². The number of hydrogen-bond acceptors (Lipinski definition) is 3. The van der Waals surface area contributed by atoms with Gasteiger partial charge in [-0.25, -0.2) is 9.50 Å². The van der Waals surface area contributed by atoms with Crippen LogP contribution < -0.4 is 5.32 Å². The van der Waals surface area contributed by atoms with E-state index in [4.69, 9.17) is 4.98 Å². The zero-order valence-electron chi connectivity index (χ0n) is 15.4. The first kappa shape index (κ1) is 17.1. The van der Waals surface area contributed by atoms with Crippen molar-refractivity contribution in [3.63, 3.8) is 0 Å². The predicted octanol–water partition coefficient (Wildman–Crippen LogP) is 3.38. The van der Waals surface area contributed by atoms with E-state index in [9.17, 15) is 4.79 Å². The summed E-state index contributed by atoms with van der Waals surface area (Å²) in [5.41, 5.74) is 6.78. The van der Waals surface area contributed by atoms with E-state index in [1.54, 1.807) is 10.7 Å². The Balaban J connectivity index is 2.06. The average molecular weight is 336 g/mol. The van der Waals surface area contributed by atoms with Crippen molar-refractivity contribution in [1.29, 1.82) is 0 Å². The van der Waals surface area contributed by atoms with Crippen molar-refractivity contribution in [3.8, 4) is 0 Å². The van der Waals surface area contributed by atoms with Gasteiger partial charge in [-0.05, 0) is 51.3 Å². The number of nitrogens with one attached hydrogen (secondary N) is 1. The van der Waals surface area contributed by atoms with Gasteiger partial charge in [0.1, 0.15) is 5.56 Å². The topological polar surface area (TPSA) is 59.3 Å². The van der Waals surface area contributed by atoms with Crippen LogP contribution in [-0.4, -0.2) is 26.5 Å². The van der Waals surface area contributed by atoms with Gasteiger partial charge in [0.15, 0.2) is 5.65 Å². The van der Waals surface area contributed by atoms with E-state index < -0.39 is 0 Å². The van der Waals surface area contributed by atoms with Crippen LogP contribution in [0.2, 0.25) is 0 Å². The summed E-state index contributed by atoms with van der Waals surface area (Å²) in [6.45, 7) is 10.0. The normalized spacial score (nSPS) is 11.3. The first-order valence-corrected chi connectivity index (χ1v) is 8.57. The third-order valence-electron chi connectivity index (χ3n) is 4.50. The van der Waals surface area contributed by atoms with Crippen LogP contribution in [0.25, 0.3) is 5.65 Å². The first-order valence-electron chi connectivity index (χ1n) is 8.57. The number of aromatic nitrogens is 3. The molecule has 0 saturated carbocycles. The molecular formula is C20H24N4O. The molecule has 5 heteroatoms. The zero-order valence-corrected chi connectivity index (χ0v) is 15.4. The Morgan fingerprint density at radius 3 is 2.60 bits per heavy atom. The lowest BCUT2D eigenvalue weighted by Gasteiger charge is -2.13. The van der Waals surface area contributed by atoms with Crippen LogP contribution in [0.15, 0.2) is 30.5 Å². The highest BCUT2D eigenvalue weighted by Gasteiger charge is 2.19. The molecule has 0 atom stereocenters. The van der Waals surface area contributed by atoms with Crippen molar-refractivity contribution in [3.05, 3.63) is 64.1 Å². The van der Waals surface area contributed by atoms with E-state index in [-0.39, 0.29) is 11.9 Å². The Morgan fingerprint density at radius 1 is 1.20 bits per heavy atom. The molecule has 3 aromatic rings. The van der Waals surface area contributed by atoms with E-state index >= 15 is 0 Å². The molecule has 2 heterocycles. The summed E-state index contributed by atoms with van der Waals surface area (Å²) < 4.78 is 1.77. The number of nitrogens with zero attached hydrogens (tertiary/aromatic N) is 3. The van der Waals surface area contributed by atoms with Gasteiger partial charge < -0.3 is 5.32 Å². The van der Waals surface area contributed by atoms with Gasteiger partial charge in [0, 0.05) is 23.9 Å². The number of carbonyl (C=O) groups excluding carboxylic acids is 1. The highest BCUT2D eigenvalue weighted by molar-refractivity contribution is 5.99. The molecule has 1 amide bonds. The molecule has 0 bridgehead atoms. The van der Waals surface area contributed by atoms with E-state index in [0.717, 1.165) is 23.4 Å². The molecule has 1 aromatic carbocycles. The molecule has 3 rings (SSSR count). The highest BCUT2D eigenvalue weighted by atomic mass is 16.1. The number of aryl methyl sites for hydroxylation is 3. The minimum atomic E-state index is -0.136. The van der Waals surface area contributed by atoms with Crippen molar-refractivity contribution in [2.24, 2.45) is 0 Å². The number of benzene rings is 1. The van der Waals surface area contributed by atoms with Gasteiger partial charge in [-0.2, -0.15) is 5.10 Å². The monoisotopic (exact) mass is 336 g/mol. The lowest BCUT2D eigenvalue weighted by Crippen LogP contribution is -2.30. The second kappa shape index (κ2) is 6.67. The van der Waals surface area contributed by atoms with Crippen molar-refractivity contribution < 1.29 is 4.79 Å². The van der Waals surface area contributed by atoms with E-state index in [1.807, 2.05) is 33.8 Å². The third kappa shape index (κ3) is 3.27. The van der Waals surface area contributed by atoms with Crippen LogP contribution >= 0.6 is 0 Å². The molecule has 0 unspecified atom stereocenters. The van der Waals surface area contributed by atoms with E-state index in [0.29, 0.717) is 11.2 Å². The van der Waals surface area contributed by atoms with Crippen LogP contribution in [-0.2, 0) is 6.42 Å². The summed E-state index contributed by atoms with van der Waals surface area (Å²) in [7, 11) is 0. The van der Waals surface area contributed by atoms with Gasteiger partial charge in [-0.15, -0.1) is 0 Å². The van der Waals surface area contributed by atoms with Gasteiger partial charge in [0.2, 0.25) is 0 Å². The largest absolute Gasteiger partial charge is 0.350 e. The van der Waals surface area contributed by atoms with Crippen molar-refractivity contribution in [1.82, 2.24) is 19.9 Å². The number of rotatable bonds is 4. The maximum Gasteiger partial charge on any atom is 0.256 e. The van der Waals surface area contributed by atoms with Crippen molar-refractivity contribution >= 4 is 11.6 Å². The molecular weight excluding hydrogens is 312 g/mol. The fourth-order valence-electron chi connectivity index (χ4n) is 3.07. The minimum Gasteiger partial charge on any atom is -0.350 e. The van der Waals surface area contributed by atoms with Gasteiger partial charge in [0.25, 0.3) is 5.91 Å². The maximum absolute atomic E-state index is 12.4. The molecule has 0 aliphatic carbocycles. The number of hydrogen-bond donors (Lipinski definition) is 1. The molecule has 5 nitrogen and oxygen atoms in total. The summed E-state index contributed by atoms with van der Waals surface area (Å²) in [5, 5.41) is 7.31. The maximum atomic E-state index is 12.4. The Bertz CT molecular complexity index is 940. The molecule has 0 saturated heterocycles. The van der Waals surface area contributed by atoms with Crippen LogP contribution in [0.3, 0.4) is 0 Å². The number of carbonyl (C=O) groups is 1. The molecule has 0 spiro atoms. The molecule has 0 radical (unpaired) electrons. The average Bonchev–Trinajstić information content (AvgIpc) is 2.96. The number of fused-ring (bicyclic) bond motifs is 1. The minimum absolute atomic E-state index is 0.0740. The highest BCUT2D eigenvalue weighted by Crippen LogP contribution is 2.21. The molecule has 1 N–H and O–H groups in total. The Morgan fingerprint density at radius 2 is 1.92 bits per heavy atom. The van der Waals surface area contributed by atoms with Gasteiger partial charge >= 0.3 is 0 Å². The third-order valence-corrected chi connectivity index (χ3v) is 4.50. The molecule has 130 valence electrons. The van der Waals surface area contributed by atoms with Crippen LogP contribution in [0, 0.1) is 20.8 Å². The first-order chi connectivity index (χ1) is 11.9. The van der Waals surface area contributed by atoms with Crippen LogP contribution in [0.4, 0.5) is 0 Å². The van der Waals surface area contributed by atoms with Crippen LogP contribution in [0.5, 0.6) is 0 Å². The fraction of sp³-hybridized carbons (Fsp3) is 0.350. The summed E-state index contributed by atoms with van der Waals surface area (Å²) in [5.74, 6) is -0.136. The van der Waals surface area contributed by atoms with E-state index in [2.05, 4.69) is 35.5 Å². The van der Waals surface area contributed by atoms with Crippen LogP contribution in [0.1, 0.15) is 52.3 Å². The second-order valence-corrected chi connectivity index (χ2v) is 6.79. The zero-order chi connectivity index (χ0) is 18.1. The lowest BCUT2D eigenvalue weighted by molar-refractivity contribution is 0.0944. The standard InChI is InChI=1S/C20H24N4O/c1-12(2)22-20(25)18-11-21-24-15(5)17(14(4)23-19(18)24)10-16-9-7-6-8-13(16)3/h6-9,11-12H,10H2,1-5H3,(H,22,25).